The lowest BCUT2D eigenvalue weighted by atomic mass is 10.2. The van der Waals surface area contributed by atoms with Crippen LogP contribution in [0.15, 0.2) is 16.6 Å². The maximum absolute atomic E-state index is 12.3. The lowest BCUT2D eigenvalue weighted by Crippen LogP contribution is -2.06. The summed E-state index contributed by atoms with van der Waals surface area (Å²) in [6, 6.07) is 1.24. The Labute approximate surface area is 95.1 Å². The van der Waals surface area contributed by atoms with E-state index in [0.29, 0.717) is 6.07 Å². The summed E-state index contributed by atoms with van der Waals surface area (Å²) in [5.74, 6) is 0. The van der Waals surface area contributed by atoms with Crippen LogP contribution < -0.4 is 0 Å². The van der Waals surface area contributed by atoms with E-state index in [1.807, 2.05) is 0 Å². The molecule has 0 bridgehead atoms. The number of nitro benzene ring substituents is 1. The molecule has 0 spiro atoms. The van der Waals surface area contributed by atoms with Gasteiger partial charge in [-0.3, -0.25) is 10.1 Å². The summed E-state index contributed by atoms with van der Waals surface area (Å²) in [6.45, 7) is 0. The van der Waals surface area contributed by atoms with Gasteiger partial charge in [0, 0.05) is 6.07 Å². The predicted molar refractivity (Wildman–Crippen MR) is 50.8 cm³/mol. The van der Waals surface area contributed by atoms with Crippen molar-refractivity contribution in [3.63, 3.8) is 0 Å². The number of benzene rings is 1. The van der Waals surface area contributed by atoms with Gasteiger partial charge in [0.15, 0.2) is 0 Å². The van der Waals surface area contributed by atoms with Gasteiger partial charge in [-0.05, 0) is 22.0 Å². The molecule has 8 heteroatoms. The van der Waals surface area contributed by atoms with Gasteiger partial charge >= 0.3 is 6.18 Å². The topological polar surface area (TPSA) is 43.1 Å². The lowest BCUT2D eigenvalue weighted by Gasteiger charge is -2.08. The fourth-order valence-corrected chi connectivity index (χ4v) is 1.79. The van der Waals surface area contributed by atoms with Crippen LogP contribution in [0.2, 0.25) is 5.02 Å². The first-order chi connectivity index (χ1) is 6.73. The molecule has 0 aliphatic heterocycles. The Kier molecular flexibility index (Phi) is 3.25. The summed E-state index contributed by atoms with van der Waals surface area (Å²) in [6.07, 6.45) is -4.71. The Hall–Kier alpha value is -0.820. The molecule has 0 atom stereocenters. The molecule has 1 aromatic carbocycles. The number of hydrogen-bond acceptors (Lipinski definition) is 2. The number of alkyl halides is 3. The molecule has 1 aromatic rings. The maximum Gasteiger partial charge on any atom is 0.418 e. The van der Waals surface area contributed by atoms with Crippen LogP contribution in [0.3, 0.4) is 0 Å². The van der Waals surface area contributed by atoms with Crippen molar-refractivity contribution < 1.29 is 18.1 Å². The van der Waals surface area contributed by atoms with Crippen LogP contribution in [0, 0.1) is 10.1 Å². The Morgan fingerprint density at radius 3 is 2.33 bits per heavy atom. The van der Waals surface area contributed by atoms with E-state index in [2.05, 4.69) is 15.9 Å². The molecule has 0 saturated heterocycles. The third kappa shape index (κ3) is 2.60. The highest BCUT2D eigenvalue weighted by Crippen LogP contribution is 2.39. The molecule has 3 nitrogen and oxygen atoms in total. The summed E-state index contributed by atoms with van der Waals surface area (Å²) in [5.41, 5.74) is -1.90. The zero-order chi connectivity index (χ0) is 11.8. The highest BCUT2D eigenvalue weighted by molar-refractivity contribution is 9.10. The van der Waals surface area contributed by atoms with Crippen molar-refractivity contribution in [2.45, 2.75) is 6.18 Å². The van der Waals surface area contributed by atoms with Crippen molar-refractivity contribution in [2.24, 2.45) is 0 Å². The number of halogens is 5. The zero-order valence-corrected chi connectivity index (χ0v) is 9.15. The minimum absolute atomic E-state index is 0.0921. The molecule has 15 heavy (non-hydrogen) atoms. The van der Waals surface area contributed by atoms with Crippen molar-refractivity contribution in [2.75, 3.05) is 0 Å². The minimum atomic E-state index is -4.71. The average Bonchev–Trinajstić information content (AvgIpc) is 2.00. The Balaban J connectivity index is 3.43. The maximum atomic E-state index is 12.3. The van der Waals surface area contributed by atoms with Gasteiger partial charge in [0.2, 0.25) is 0 Å². The normalized spacial score (nSPS) is 11.5. The van der Waals surface area contributed by atoms with Crippen molar-refractivity contribution in [1.82, 2.24) is 0 Å². The highest BCUT2D eigenvalue weighted by Gasteiger charge is 2.35. The second-order valence-corrected chi connectivity index (χ2v) is 3.80. The molecule has 0 heterocycles. The third-order valence-electron chi connectivity index (χ3n) is 1.54. The fraction of sp³-hybridized carbons (Fsp3) is 0.143. The number of hydrogen-bond donors (Lipinski definition) is 0. The van der Waals surface area contributed by atoms with Crippen LogP contribution in [0.1, 0.15) is 5.56 Å². The van der Waals surface area contributed by atoms with Crippen LogP contribution in [0.25, 0.3) is 0 Å². The molecule has 0 aliphatic carbocycles. The number of nitrogens with zero attached hydrogens (tertiary/aromatic N) is 1. The molecule has 0 fully saturated rings. The van der Waals surface area contributed by atoms with Crippen LogP contribution in [0.5, 0.6) is 0 Å². The molecule has 1 rings (SSSR count). The standard InChI is InChI=1S/C7H2BrClF3NO2/c8-4-2-5(9)3(7(10,11)12)1-6(4)13(14)15/h1-2H. The highest BCUT2D eigenvalue weighted by atomic mass is 79.9. The van der Waals surface area contributed by atoms with Crippen LogP contribution in [0.4, 0.5) is 18.9 Å². The van der Waals surface area contributed by atoms with E-state index in [4.69, 9.17) is 11.6 Å². The molecule has 0 radical (unpaired) electrons. The zero-order valence-electron chi connectivity index (χ0n) is 6.81. The number of nitro groups is 1. The summed E-state index contributed by atoms with van der Waals surface area (Å²) in [5, 5.41) is 9.79. The monoisotopic (exact) mass is 303 g/mol. The second-order valence-electron chi connectivity index (χ2n) is 2.54. The van der Waals surface area contributed by atoms with E-state index in [1.165, 1.54) is 0 Å². The van der Waals surface area contributed by atoms with Crippen LogP contribution in [-0.2, 0) is 6.18 Å². The predicted octanol–water partition coefficient (Wildman–Crippen LogP) is 4.03. The molecule has 82 valence electrons. The molecule has 0 unspecified atom stereocenters. The average molecular weight is 304 g/mol. The van der Waals surface area contributed by atoms with Gasteiger partial charge < -0.3 is 0 Å². The fourth-order valence-electron chi connectivity index (χ4n) is 0.895. The summed E-state index contributed by atoms with van der Waals surface area (Å²) < 4.78 is 36.8. The first-order valence-electron chi connectivity index (χ1n) is 3.44. The van der Waals surface area contributed by atoms with E-state index in [1.54, 1.807) is 0 Å². The van der Waals surface area contributed by atoms with E-state index in [9.17, 15) is 23.3 Å². The molecular weight excluding hydrogens is 302 g/mol. The lowest BCUT2D eigenvalue weighted by molar-refractivity contribution is -0.385. The molecular formula is C7H2BrClF3NO2. The summed E-state index contributed by atoms with van der Waals surface area (Å²) in [4.78, 5) is 9.46. The first-order valence-corrected chi connectivity index (χ1v) is 4.61. The van der Waals surface area contributed by atoms with Crippen molar-refractivity contribution in [1.29, 1.82) is 0 Å². The number of rotatable bonds is 1. The first kappa shape index (κ1) is 12.3. The van der Waals surface area contributed by atoms with Gasteiger partial charge in [-0.25, -0.2) is 0 Å². The largest absolute Gasteiger partial charge is 0.418 e. The van der Waals surface area contributed by atoms with Crippen LogP contribution >= 0.6 is 27.5 Å². The molecule has 0 amide bonds. The Morgan fingerprint density at radius 2 is 1.93 bits per heavy atom. The van der Waals surface area contributed by atoms with E-state index >= 15 is 0 Å². The van der Waals surface area contributed by atoms with E-state index in [0.717, 1.165) is 6.07 Å². The molecule has 0 aromatic heterocycles. The molecule has 0 N–H and O–H groups in total. The quantitative estimate of drug-likeness (QED) is 0.581. The van der Waals surface area contributed by atoms with Gasteiger partial charge in [0.1, 0.15) is 0 Å². The minimum Gasteiger partial charge on any atom is -0.258 e. The molecule has 0 saturated carbocycles. The molecule has 0 aliphatic rings. The van der Waals surface area contributed by atoms with Gasteiger partial charge in [-0.1, -0.05) is 11.6 Å². The second kappa shape index (κ2) is 3.97. The van der Waals surface area contributed by atoms with Crippen molar-refractivity contribution in [3.8, 4) is 0 Å². The van der Waals surface area contributed by atoms with Gasteiger partial charge in [0.25, 0.3) is 5.69 Å². The Bertz CT molecular complexity index is 421. The summed E-state index contributed by atoms with van der Waals surface area (Å²) in [7, 11) is 0. The third-order valence-corrected chi connectivity index (χ3v) is 2.49. The SMILES string of the molecule is O=[N+]([O-])c1cc(C(F)(F)F)c(Cl)cc1Br. The van der Waals surface area contributed by atoms with Gasteiger partial charge in [-0.15, -0.1) is 0 Å². The smallest absolute Gasteiger partial charge is 0.258 e. The van der Waals surface area contributed by atoms with Crippen LogP contribution in [-0.4, -0.2) is 4.92 Å². The van der Waals surface area contributed by atoms with Crippen molar-refractivity contribution in [3.05, 3.63) is 37.3 Å². The van der Waals surface area contributed by atoms with Gasteiger partial charge in [0.05, 0.1) is 20.0 Å². The summed E-state index contributed by atoms with van der Waals surface area (Å²) >= 11 is 8.07. The van der Waals surface area contributed by atoms with Gasteiger partial charge in [-0.2, -0.15) is 13.2 Å². The van der Waals surface area contributed by atoms with E-state index < -0.39 is 27.4 Å². The Morgan fingerprint density at radius 1 is 1.40 bits per heavy atom. The van der Waals surface area contributed by atoms with E-state index in [-0.39, 0.29) is 4.47 Å². The van der Waals surface area contributed by atoms with Crippen molar-refractivity contribution >= 4 is 33.2 Å².